The van der Waals surface area contributed by atoms with E-state index in [0.29, 0.717) is 5.88 Å². The van der Waals surface area contributed by atoms with Crippen LogP contribution in [0.3, 0.4) is 0 Å². The summed E-state index contributed by atoms with van der Waals surface area (Å²) in [6, 6.07) is 14.2. The maximum Gasteiger partial charge on any atom is 0.111 e. The van der Waals surface area contributed by atoms with Crippen LogP contribution in [0.25, 0.3) is 11.0 Å². The number of hydrogen-bond acceptors (Lipinski definition) is 1. The summed E-state index contributed by atoms with van der Waals surface area (Å²) in [5.74, 6) is 1.59. The second-order valence-electron chi connectivity index (χ2n) is 5.13. The molecule has 21 heavy (non-hydrogen) atoms. The Balaban J connectivity index is 2.11. The van der Waals surface area contributed by atoms with Crippen molar-refractivity contribution in [2.75, 3.05) is 5.88 Å². The first-order chi connectivity index (χ1) is 10.2. The Morgan fingerprint density at radius 1 is 1.14 bits per heavy atom. The van der Waals surface area contributed by atoms with Crippen molar-refractivity contribution in [1.29, 1.82) is 0 Å². The number of imidazole rings is 1. The minimum Gasteiger partial charge on any atom is -0.323 e. The summed E-state index contributed by atoms with van der Waals surface area (Å²) < 4.78 is 2.23. The third kappa shape index (κ3) is 2.92. The fourth-order valence-corrected chi connectivity index (χ4v) is 2.99. The molecule has 0 unspecified atom stereocenters. The average molecular weight is 319 g/mol. The number of alkyl halides is 1. The number of benzene rings is 2. The number of nitrogens with zero attached hydrogens (tertiary/aromatic N) is 2. The largest absolute Gasteiger partial charge is 0.323 e. The fraction of sp³-hybridized carbons (Fsp3) is 0.235. The molecule has 0 amide bonds. The quantitative estimate of drug-likeness (QED) is 0.630. The van der Waals surface area contributed by atoms with Crippen LogP contribution in [0.5, 0.6) is 0 Å². The Morgan fingerprint density at radius 2 is 1.95 bits per heavy atom. The number of hydrogen-bond donors (Lipinski definition) is 0. The molecule has 0 saturated heterocycles. The van der Waals surface area contributed by atoms with Gasteiger partial charge in [0.05, 0.1) is 11.0 Å². The van der Waals surface area contributed by atoms with E-state index in [4.69, 9.17) is 28.2 Å². The molecule has 0 radical (unpaired) electrons. The highest BCUT2D eigenvalue weighted by Gasteiger charge is 2.12. The van der Waals surface area contributed by atoms with Crippen LogP contribution in [0.4, 0.5) is 0 Å². The van der Waals surface area contributed by atoms with Gasteiger partial charge in [0.25, 0.3) is 0 Å². The van der Waals surface area contributed by atoms with Gasteiger partial charge in [0, 0.05) is 23.9 Å². The van der Waals surface area contributed by atoms with Gasteiger partial charge >= 0.3 is 0 Å². The molecule has 0 bridgehead atoms. The molecule has 1 heterocycles. The van der Waals surface area contributed by atoms with Gasteiger partial charge in [-0.05, 0) is 36.2 Å². The molecule has 3 rings (SSSR count). The smallest absolute Gasteiger partial charge is 0.111 e. The van der Waals surface area contributed by atoms with E-state index in [0.717, 1.165) is 34.8 Å². The zero-order valence-electron chi connectivity index (χ0n) is 11.8. The molecule has 0 atom stereocenters. The highest BCUT2D eigenvalue weighted by atomic mass is 35.5. The molecule has 0 saturated carbocycles. The molecule has 0 spiro atoms. The predicted molar refractivity (Wildman–Crippen MR) is 89.4 cm³/mol. The first kappa shape index (κ1) is 14.4. The number of fused-ring (bicyclic) bond motifs is 1. The molecule has 3 aromatic rings. The highest BCUT2D eigenvalue weighted by molar-refractivity contribution is 6.30. The van der Waals surface area contributed by atoms with E-state index in [-0.39, 0.29) is 0 Å². The lowest BCUT2D eigenvalue weighted by Crippen LogP contribution is -2.06. The van der Waals surface area contributed by atoms with Crippen molar-refractivity contribution in [2.45, 2.75) is 19.9 Å². The van der Waals surface area contributed by atoms with E-state index in [9.17, 15) is 0 Å². The monoisotopic (exact) mass is 318 g/mol. The predicted octanol–water partition coefficient (Wildman–Crippen LogP) is 4.83. The fourth-order valence-electron chi connectivity index (χ4n) is 2.60. The summed E-state index contributed by atoms with van der Waals surface area (Å²) >= 11 is 12.0. The third-order valence-electron chi connectivity index (χ3n) is 3.61. The first-order valence-electron chi connectivity index (χ1n) is 6.94. The highest BCUT2D eigenvalue weighted by Crippen LogP contribution is 2.22. The van der Waals surface area contributed by atoms with Crippen LogP contribution in [0.1, 0.15) is 17.0 Å². The topological polar surface area (TPSA) is 17.8 Å². The molecule has 2 nitrogen and oxygen atoms in total. The maximum absolute atomic E-state index is 6.08. The van der Waals surface area contributed by atoms with Crippen LogP contribution in [0.15, 0.2) is 42.5 Å². The zero-order valence-corrected chi connectivity index (χ0v) is 13.3. The summed E-state index contributed by atoms with van der Waals surface area (Å²) in [6.45, 7) is 2.84. The number of aryl methyl sites for hydroxylation is 2. The molecule has 0 aliphatic carbocycles. The molecule has 0 N–H and O–H groups in total. The minimum atomic E-state index is 0.567. The normalized spacial score (nSPS) is 11.2. The Labute approximate surface area is 134 Å². The van der Waals surface area contributed by atoms with E-state index >= 15 is 0 Å². The van der Waals surface area contributed by atoms with Gasteiger partial charge in [0.2, 0.25) is 0 Å². The molecule has 1 aromatic heterocycles. The molecule has 0 fully saturated rings. The zero-order chi connectivity index (χ0) is 14.8. The van der Waals surface area contributed by atoms with Gasteiger partial charge in [-0.1, -0.05) is 35.9 Å². The van der Waals surface area contributed by atoms with Gasteiger partial charge in [-0.15, -0.1) is 11.6 Å². The lowest BCUT2D eigenvalue weighted by molar-refractivity contribution is 0.754. The van der Waals surface area contributed by atoms with Crippen LogP contribution in [-0.4, -0.2) is 15.4 Å². The van der Waals surface area contributed by atoms with E-state index < -0.39 is 0 Å². The van der Waals surface area contributed by atoms with Crippen molar-refractivity contribution in [2.24, 2.45) is 0 Å². The first-order valence-corrected chi connectivity index (χ1v) is 7.85. The van der Waals surface area contributed by atoms with E-state index in [2.05, 4.69) is 35.8 Å². The summed E-state index contributed by atoms with van der Waals surface area (Å²) in [7, 11) is 0. The van der Waals surface area contributed by atoms with Crippen LogP contribution in [0.2, 0.25) is 5.02 Å². The second-order valence-corrected chi connectivity index (χ2v) is 5.94. The van der Waals surface area contributed by atoms with Crippen molar-refractivity contribution in [3.63, 3.8) is 0 Å². The van der Waals surface area contributed by atoms with E-state index in [1.807, 2.05) is 18.2 Å². The number of rotatable bonds is 4. The molecule has 2 aromatic carbocycles. The molecule has 0 aliphatic rings. The summed E-state index contributed by atoms with van der Waals surface area (Å²) in [4.78, 5) is 4.77. The SMILES string of the molecule is Cc1cccc2c1nc(CCCl)n2Cc1cccc(Cl)c1. The van der Waals surface area contributed by atoms with Gasteiger partial charge in [-0.2, -0.15) is 0 Å². The standard InChI is InChI=1S/C17H16Cl2N2/c1-12-4-2-7-15-17(12)20-16(8-9-18)21(15)11-13-5-3-6-14(19)10-13/h2-7,10H,8-9,11H2,1H3. The third-order valence-corrected chi connectivity index (χ3v) is 4.03. The lowest BCUT2D eigenvalue weighted by atomic mass is 10.2. The van der Waals surface area contributed by atoms with Crippen molar-refractivity contribution in [1.82, 2.24) is 9.55 Å². The molecule has 0 aliphatic heterocycles. The second kappa shape index (κ2) is 6.08. The number of halogens is 2. The van der Waals surface area contributed by atoms with Gasteiger partial charge in [0.15, 0.2) is 0 Å². The number of para-hydroxylation sites is 1. The van der Waals surface area contributed by atoms with Gasteiger partial charge in [0.1, 0.15) is 5.82 Å². The van der Waals surface area contributed by atoms with Gasteiger partial charge in [-0.3, -0.25) is 0 Å². The lowest BCUT2D eigenvalue weighted by Gasteiger charge is -2.09. The van der Waals surface area contributed by atoms with Gasteiger partial charge < -0.3 is 4.57 Å². The summed E-state index contributed by atoms with van der Waals surface area (Å²) in [5.41, 5.74) is 4.56. The van der Waals surface area contributed by atoms with Crippen LogP contribution in [-0.2, 0) is 13.0 Å². The Hall–Kier alpha value is -1.51. The van der Waals surface area contributed by atoms with Crippen LogP contribution >= 0.6 is 23.2 Å². The van der Waals surface area contributed by atoms with E-state index in [1.54, 1.807) is 0 Å². The van der Waals surface area contributed by atoms with Crippen molar-refractivity contribution >= 4 is 34.2 Å². The van der Waals surface area contributed by atoms with Crippen LogP contribution in [0, 0.1) is 6.92 Å². The van der Waals surface area contributed by atoms with E-state index in [1.165, 1.54) is 11.1 Å². The van der Waals surface area contributed by atoms with Crippen molar-refractivity contribution < 1.29 is 0 Å². The molecule has 4 heteroatoms. The molecular weight excluding hydrogens is 303 g/mol. The summed E-state index contributed by atoms with van der Waals surface area (Å²) in [5, 5.41) is 0.756. The maximum atomic E-state index is 6.08. The Morgan fingerprint density at radius 3 is 2.71 bits per heavy atom. The van der Waals surface area contributed by atoms with Crippen molar-refractivity contribution in [3.05, 3.63) is 64.4 Å². The Kier molecular flexibility index (Phi) is 4.18. The minimum absolute atomic E-state index is 0.567. The Bertz CT molecular complexity index is 778. The van der Waals surface area contributed by atoms with Gasteiger partial charge in [-0.25, -0.2) is 4.98 Å². The molecular formula is C17H16Cl2N2. The van der Waals surface area contributed by atoms with Crippen molar-refractivity contribution in [3.8, 4) is 0 Å². The molecule has 108 valence electrons. The van der Waals surface area contributed by atoms with Crippen LogP contribution < -0.4 is 0 Å². The average Bonchev–Trinajstić information content (AvgIpc) is 2.79. The number of aromatic nitrogens is 2. The summed E-state index contributed by atoms with van der Waals surface area (Å²) in [6.07, 6.45) is 0.760.